The minimum Gasteiger partial charge on any atom is -0.377 e. The first kappa shape index (κ1) is 19.2. The fourth-order valence-electron chi connectivity index (χ4n) is 4.67. The van der Waals surface area contributed by atoms with Crippen molar-refractivity contribution in [2.24, 2.45) is 5.92 Å². The summed E-state index contributed by atoms with van der Waals surface area (Å²) >= 11 is 3.34. The zero-order chi connectivity index (χ0) is 20.9. The first-order valence-electron chi connectivity index (χ1n) is 10.6. The van der Waals surface area contributed by atoms with Gasteiger partial charge in [-0.15, -0.1) is 11.3 Å². The number of aromatic amines is 1. The van der Waals surface area contributed by atoms with Gasteiger partial charge in [-0.2, -0.15) is 0 Å². The zero-order valence-electron chi connectivity index (χ0n) is 17.2. The highest BCUT2D eigenvalue weighted by molar-refractivity contribution is 7.19. The molecule has 0 spiro atoms. The summed E-state index contributed by atoms with van der Waals surface area (Å²) in [6.45, 7) is 4.04. The Kier molecular flexibility index (Phi) is 4.70. The maximum atomic E-state index is 13.2. The molecule has 4 heterocycles. The van der Waals surface area contributed by atoms with E-state index in [9.17, 15) is 4.79 Å². The van der Waals surface area contributed by atoms with Crippen LogP contribution >= 0.6 is 22.9 Å². The van der Waals surface area contributed by atoms with Crippen molar-refractivity contribution in [3.63, 3.8) is 0 Å². The van der Waals surface area contributed by atoms with Crippen LogP contribution in [0.4, 0.5) is 11.5 Å². The number of nitrogens with one attached hydrogen (secondary N) is 2. The number of anilines is 2. The molecule has 9 heteroatoms. The van der Waals surface area contributed by atoms with Gasteiger partial charge in [-0.3, -0.25) is 4.79 Å². The molecule has 160 valence electrons. The van der Waals surface area contributed by atoms with E-state index in [2.05, 4.69) is 44.8 Å². The average molecular weight is 454 g/mol. The third kappa shape index (κ3) is 3.31. The molecule has 1 saturated heterocycles. The number of morpholine rings is 1. The van der Waals surface area contributed by atoms with Crippen molar-refractivity contribution in [1.29, 1.82) is 0 Å². The van der Waals surface area contributed by atoms with E-state index < -0.39 is 0 Å². The maximum absolute atomic E-state index is 13.2. The van der Waals surface area contributed by atoms with Crippen LogP contribution in [0.15, 0.2) is 24.5 Å². The number of hydrogen-bond acceptors (Lipinski definition) is 7. The second-order valence-corrected chi connectivity index (χ2v) is 10.3. The number of aryl methyl sites for hydroxylation is 1. The van der Waals surface area contributed by atoms with E-state index in [1.807, 2.05) is 4.90 Å². The molecule has 2 aliphatic rings. The molecule has 0 unspecified atom stereocenters. The number of fused-ring (bicyclic) bond motifs is 4. The van der Waals surface area contributed by atoms with Crippen molar-refractivity contribution in [1.82, 2.24) is 19.2 Å². The highest BCUT2D eigenvalue weighted by Crippen LogP contribution is 2.41. The Balaban J connectivity index is 1.29. The predicted octanol–water partition coefficient (Wildman–Crippen LogP) is 4.33. The smallest absolute Gasteiger partial charge is 0.226 e. The van der Waals surface area contributed by atoms with Crippen LogP contribution in [0.1, 0.15) is 23.8 Å². The molecule has 31 heavy (non-hydrogen) atoms. The molecule has 0 saturated carbocycles. The molecular weight excluding hydrogens is 430 g/mol. The molecule has 6 rings (SSSR count). The van der Waals surface area contributed by atoms with Crippen LogP contribution in [-0.2, 0) is 22.4 Å². The maximum Gasteiger partial charge on any atom is 0.226 e. The van der Waals surface area contributed by atoms with Crippen LogP contribution < -0.4 is 5.32 Å². The Bertz CT molecular complexity index is 1280. The zero-order valence-corrected chi connectivity index (χ0v) is 18.8. The van der Waals surface area contributed by atoms with Gasteiger partial charge in [-0.1, -0.05) is 11.5 Å². The van der Waals surface area contributed by atoms with E-state index in [0.717, 1.165) is 41.0 Å². The number of hydrogen-bond donors (Lipinski definition) is 2. The van der Waals surface area contributed by atoms with Crippen molar-refractivity contribution in [2.75, 3.05) is 25.1 Å². The van der Waals surface area contributed by atoms with E-state index in [0.29, 0.717) is 19.8 Å². The van der Waals surface area contributed by atoms with Crippen LogP contribution in [0.3, 0.4) is 0 Å². The molecule has 1 aliphatic heterocycles. The van der Waals surface area contributed by atoms with Gasteiger partial charge < -0.3 is 19.3 Å². The molecule has 1 aliphatic carbocycles. The normalized spacial score (nSPS) is 21.5. The Morgan fingerprint density at radius 1 is 1.35 bits per heavy atom. The van der Waals surface area contributed by atoms with Crippen LogP contribution in [0, 0.1) is 5.92 Å². The van der Waals surface area contributed by atoms with Gasteiger partial charge in [0.1, 0.15) is 17.0 Å². The van der Waals surface area contributed by atoms with Gasteiger partial charge >= 0.3 is 0 Å². The molecule has 3 aromatic heterocycles. The van der Waals surface area contributed by atoms with E-state index in [1.54, 1.807) is 29.2 Å². The number of carbonyl (C=O) groups excluding carboxylic acids is 1. The van der Waals surface area contributed by atoms with Crippen molar-refractivity contribution < 1.29 is 9.53 Å². The lowest BCUT2D eigenvalue weighted by Crippen LogP contribution is -2.50. The largest absolute Gasteiger partial charge is 0.377 e. The molecule has 1 aromatic carbocycles. The number of carbonyl (C=O) groups is 1. The van der Waals surface area contributed by atoms with E-state index in [1.165, 1.54) is 20.7 Å². The second-order valence-electron chi connectivity index (χ2n) is 8.34. The number of benzene rings is 1. The van der Waals surface area contributed by atoms with Gasteiger partial charge in [0.15, 0.2) is 0 Å². The average Bonchev–Trinajstić information content (AvgIpc) is 3.14. The van der Waals surface area contributed by atoms with Gasteiger partial charge in [0.25, 0.3) is 0 Å². The predicted molar refractivity (Wildman–Crippen MR) is 124 cm³/mol. The summed E-state index contributed by atoms with van der Waals surface area (Å²) in [6.07, 6.45) is 4.18. The van der Waals surface area contributed by atoms with Crippen LogP contribution in [-0.4, -0.2) is 50.9 Å². The summed E-state index contributed by atoms with van der Waals surface area (Å²) in [6, 6.07) is 6.44. The molecule has 0 radical (unpaired) electrons. The number of nitrogens with zero attached hydrogens (tertiary/aromatic N) is 3. The third-order valence-corrected chi connectivity index (χ3v) is 8.40. The van der Waals surface area contributed by atoms with Crippen LogP contribution in [0.2, 0.25) is 0 Å². The monoisotopic (exact) mass is 453 g/mol. The number of H-pyrrole nitrogens is 1. The first-order chi connectivity index (χ1) is 15.2. The number of thiophene rings is 1. The van der Waals surface area contributed by atoms with Gasteiger partial charge in [0.2, 0.25) is 5.91 Å². The molecule has 2 atom stereocenters. The van der Waals surface area contributed by atoms with Crippen LogP contribution in [0.25, 0.3) is 20.4 Å². The number of amides is 1. The molecule has 7 nitrogen and oxygen atoms in total. The Labute approximate surface area is 187 Å². The van der Waals surface area contributed by atoms with E-state index in [-0.39, 0.29) is 17.9 Å². The van der Waals surface area contributed by atoms with Gasteiger partial charge in [0.05, 0.1) is 34.9 Å². The van der Waals surface area contributed by atoms with E-state index in [4.69, 9.17) is 4.74 Å². The summed E-state index contributed by atoms with van der Waals surface area (Å²) in [5.74, 6) is 1.17. The van der Waals surface area contributed by atoms with Gasteiger partial charge in [0, 0.05) is 23.0 Å². The summed E-state index contributed by atoms with van der Waals surface area (Å²) in [5.41, 5.74) is 3.50. The molecular formula is C22H23N5O2S2. The molecule has 1 amide bonds. The summed E-state index contributed by atoms with van der Waals surface area (Å²) in [7, 11) is 0. The minimum absolute atomic E-state index is 0.0444. The first-order valence-corrected chi connectivity index (χ1v) is 12.3. The van der Waals surface area contributed by atoms with E-state index >= 15 is 0 Å². The van der Waals surface area contributed by atoms with Crippen molar-refractivity contribution in [2.45, 2.75) is 32.2 Å². The number of aromatic nitrogens is 3. The molecule has 4 aromatic rings. The summed E-state index contributed by atoms with van der Waals surface area (Å²) < 4.78 is 9.96. The Morgan fingerprint density at radius 2 is 2.29 bits per heavy atom. The topological polar surface area (TPSA) is 83.1 Å². The minimum atomic E-state index is 0.0444. The lowest BCUT2D eigenvalue weighted by Gasteiger charge is -2.36. The third-order valence-electron chi connectivity index (χ3n) is 6.36. The number of rotatable bonds is 3. The highest BCUT2D eigenvalue weighted by Gasteiger charge is 2.34. The standard InChI is InChI=1S/C22H23N5O2S2/c1-12-10-29-7-6-27(12)22(28)13-2-4-15-17(8-13)30-21-19(15)20(23-11-24-21)25-14-3-5-16-18(9-14)31-26-16/h3,5,9,11-13,26H,2,4,6-8,10H2,1H3,(H,23,24,25)/t12-,13+/m1/s1. The van der Waals surface area contributed by atoms with Gasteiger partial charge in [-0.05, 0) is 49.9 Å². The Hall–Kier alpha value is -2.49. The van der Waals surface area contributed by atoms with Gasteiger partial charge in [-0.25, -0.2) is 9.97 Å². The SMILES string of the molecule is C[C@@H]1COCCN1C(=O)[C@H]1CCc2c(sc3ncnc(Nc4ccc5[nH]sc5c4)c23)C1. The Morgan fingerprint density at radius 3 is 3.10 bits per heavy atom. The van der Waals surface area contributed by atoms with Crippen molar-refractivity contribution in [3.05, 3.63) is 35.0 Å². The molecule has 2 N–H and O–H groups in total. The lowest BCUT2D eigenvalue weighted by molar-refractivity contribution is -0.143. The van der Waals surface area contributed by atoms with Crippen molar-refractivity contribution >= 4 is 60.7 Å². The van der Waals surface area contributed by atoms with Crippen molar-refractivity contribution in [3.8, 4) is 0 Å². The summed E-state index contributed by atoms with van der Waals surface area (Å²) in [5, 5.41) is 4.61. The lowest BCUT2D eigenvalue weighted by atomic mass is 9.86. The fourth-order valence-corrected chi connectivity index (χ4v) is 6.60. The highest BCUT2D eigenvalue weighted by atomic mass is 32.1. The summed E-state index contributed by atoms with van der Waals surface area (Å²) in [4.78, 5) is 26.6. The quantitative estimate of drug-likeness (QED) is 0.482. The molecule has 1 fully saturated rings. The van der Waals surface area contributed by atoms with Crippen LogP contribution in [0.5, 0.6) is 0 Å². The number of ether oxygens (including phenoxy) is 1. The fraction of sp³-hybridized carbons (Fsp3) is 0.409. The molecule has 0 bridgehead atoms. The second kappa shape index (κ2) is 7.58.